The molecule has 0 N–H and O–H groups in total. The highest BCUT2D eigenvalue weighted by atomic mass is 35.5. The number of fused-ring (bicyclic) bond motifs is 1. The van der Waals surface area contributed by atoms with Crippen molar-refractivity contribution in [1.29, 1.82) is 0 Å². The van der Waals surface area contributed by atoms with Crippen LogP contribution in [0.2, 0.25) is 0 Å². The van der Waals surface area contributed by atoms with E-state index < -0.39 is 0 Å². The molecule has 1 aliphatic carbocycles. The van der Waals surface area contributed by atoms with E-state index in [0.717, 1.165) is 6.42 Å². The molecule has 0 aromatic heterocycles. The van der Waals surface area contributed by atoms with E-state index in [2.05, 4.69) is 6.07 Å². The molecule has 2 rings (SSSR count). The van der Waals surface area contributed by atoms with E-state index in [1.807, 2.05) is 25.2 Å². The standard InChI is InChI=1S/C14H18ClNO2/c1-16(7-9-18-8-6-15)14(17)13-10-11-4-2-3-5-12(11)13/h2-5,13H,6-10H2,1H3. The molecule has 18 heavy (non-hydrogen) atoms. The second kappa shape index (κ2) is 6.21. The molecule has 1 unspecified atom stereocenters. The van der Waals surface area contributed by atoms with Crippen LogP contribution in [0, 0.1) is 0 Å². The SMILES string of the molecule is CN(CCOCCCl)C(=O)C1Cc2ccccc21. The molecule has 1 aliphatic rings. The first kappa shape index (κ1) is 13.4. The Morgan fingerprint density at radius 2 is 2.22 bits per heavy atom. The molecule has 0 spiro atoms. The summed E-state index contributed by atoms with van der Waals surface area (Å²) in [6, 6.07) is 8.13. The predicted octanol–water partition coefficient (Wildman–Crippen LogP) is 2.04. The van der Waals surface area contributed by atoms with Gasteiger partial charge in [0.05, 0.1) is 19.1 Å². The number of amides is 1. The first-order chi connectivity index (χ1) is 8.74. The Morgan fingerprint density at radius 3 is 2.94 bits per heavy atom. The average molecular weight is 268 g/mol. The summed E-state index contributed by atoms with van der Waals surface area (Å²) in [5.74, 6) is 0.718. The fourth-order valence-corrected chi connectivity index (χ4v) is 2.32. The van der Waals surface area contributed by atoms with Crippen molar-refractivity contribution in [2.75, 3.05) is 32.7 Å². The Kier molecular flexibility index (Phi) is 4.61. The zero-order valence-corrected chi connectivity index (χ0v) is 11.3. The summed E-state index contributed by atoms with van der Waals surface area (Å²) in [6.45, 7) is 1.70. The Labute approximate surface area is 113 Å². The maximum absolute atomic E-state index is 12.2. The highest BCUT2D eigenvalue weighted by Crippen LogP contribution is 2.35. The molecule has 0 heterocycles. The average Bonchev–Trinajstić information content (AvgIpc) is 2.35. The van der Waals surface area contributed by atoms with E-state index in [4.69, 9.17) is 16.3 Å². The lowest BCUT2D eigenvalue weighted by Crippen LogP contribution is -2.38. The largest absolute Gasteiger partial charge is 0.378 e. The third-order valence-electron chi connectivity index (χ3n) is 3.32. The fourth-order valence-electron chi connectivity index (χ4n) is 2.21. The van der Waals surface area contributed by atoms with Gasteiger partial charge in [-0.15, -0.1) is 11.6 Å². The van der Waals surface area contributed by atoms with Gasteiger partial charge >= 0.3 is 0 Å². The van der Waals surface area contributed by atoms with Gasteiger partial charge < -0.3 is 9.64 Å². The van der Waals surface area contributed by atoms with Gasteiger partial charge in [0.1, 0.15) is 0 Å². The van der Waals surface area contributed by atoms with Crippen LogP contribution in [-0.2, 0) is 16.0 Å². The summed E-state index contributed by atoms with van der Waals surface area (Å²) in [7, 11) is 1.83. The molecular formula is C14H18ClNO2. The third-order valence-corrected chi connectivity index (χ3v) is 3.48. The van der Waals surface area contributed by atoms with Crippen LogP contribution >= 0.6 is 11.6 Å². The van der Waals surface area contributed by atoms with E-state index in [1.54, 1.807) is 4.90 Å². The summed E-state index contributed by atoms with van der Waals surface area (Å²) in [6.07, 6.45) is 0.863. The second-order valence-corrected chi connectivity index (χ2v) is 4.89. The number of carbonyl (C=O) groups is 1. The molecular weight excluding hydrogens is 250 g/mol. The van der Waals surface area contributed by atoms with Crippen molar-refractivity contribution in [2.45, 2.75) is 12.3 Å². The molecule has 0 bridgehead atoms. The zero-order chi connectivity index (χ0) is 13.0. The number of alkyl halides is 1. The predicted molar refractivity (Wildman–Crippen MR) is 72.1 cm³/mol. The monoisotopic (exact) mass is 267 g/mol. The van der Waals surface area contributed by atoms with Crippen LogP contribution in [0.5, 0.6) is 0 Å². The molecule has 1 aromatic rings. The van der Waals surface area contributed by atoms with Crippen LogP contribution in [0.4, 0.5) is 0 Å². The van der Waals surface area contributed by atoms with Crippen LogP contribution in [0.25, 0.3) is 0 Å². The van der Waals surface area contributed by atoms with Crippen LogP contribution in [0.3, 0.4) is 0 Å². The number of carbonyl (C=O) groups excluding carboxylic acids is 1. The lowest BCUT2D eigenvalue weighted by atomic mass is 9.77. The Morgan fingerprint density at radius 1 is 1.44 bits per heavy atom. The first-order valence-corrected chi connectivity index (χ1v) is 6.74. The van der Waals surface area contributed by atoms with Crippen molar-refractivity contribution in [3.8, 4) is 0 Å². The summed E-state index contributed by atoms with van der Waals surface area (Å²) >= 11 is 5.51. The minimum Gasteiger partial charge on any atom is -0.378 e. The zero-order valence-electron chi connectivity index (χ0n) is 10.6. The minimum absolute atomic E-state index is 0.0410. The minimum atomic E-state index is 0.0410. The number of benzene rings is 1. The molecule has 3 nitrogen and oxygen atoms in total. The van der Waals surface area contributed by atoms with E-state index in [1.165, 1.54) is 11.1 Å². The van der Waals surface area contributed by atoms with E-state index in [0.29, 0.717) is 25.6 Å². The topological polar surface area (TPSA) is 29.5 Å². The third kappa shape index (κ3) is 2.85. The van der Waals surface area contributed by atoms with Gasteiger partial charge in [-0.05, 0) is 17.5 Å². The van der Waals surface area contributed by atoms with Crippen LogP contribution in [0.1, 0.15) is 17.0 Å². The molecule has 1 aromatic carbocycles. The van der Waals surface area contributed by atoms with Crippen molar-refractivity contribution in [3.05, 3.63) is 35.4 Å². The molecule has 98 valence electrons. The Hall–Kier alpha value is -1.06. The summed E-state index contributed by atoms with van der Waals surface area (Å²) in [5, 5.41) is 0. The van der Waals surface area contributed by atoms with Crippen molar-refractivity contribution in [3.63, 3.8) is 0 Å². The number of nitrogens with zero attached hydrogens (tertiary/aromatic N) is 1. The molecule has 0 saturated carbocycles. The first-order valence-electron chi connectivity index (χ1n) is 6.20. The van der Waals surface area contributed by atoms with Gasteiger partial charge in [-0.3, -0.25) is 4.79 Å². The van der Waals surface area contributed by atoms with E-state index >= 15 is 0 Å². The molecule has 0 radical (unpaired) electrons. The van der Waals surface area contributed by atoms with Crippen molar-refractivity contribution < 1.29 is 9.53 Å². The van der Waals surface area contributed by atoms with Crippen LogP contribution in [-0.4, -0.2) is 43.5 Å². The lowest BCUT2D eigenvalue weighted by Gasteiger charge is -2.32. The smallest absolute Gasteiger partial charge is 0.230 e. The summed E-state index contributed by atoms with van der Waals surface area (Å²) in [5.41, 5.74) is 2.47. The number of hydrogen-bond acceptors (Lipinski definition) is 2. The van der Waals surface area contributed by atoms with Gasteiger partial charge in [-0.25, -0.2) is 0 Å². The van der Waals surface area contributed by atoms with Crippen molar-refractivity contribution in [2.24, 2.45) is 0 Å². The van der Waals surface area contributed by atoms with Gasteiger partial charge in [0, 0.05) is 19.5 Å². The maximum atomic E-state index is 12.2. The number of rotatable bonds is 6. The van der Waals surface area contributed by atoms with Crippen molar-refractivity contribution in [1.82, 2.24) is 4.90 Å². The summed E-state index contributed by atoms with van der Waals surface area (Å²) in [4.78, 5) is 13.9. The molecule has 1 atom stereocenters. The van der Waals surface area contributed by atoms with E-state index in [-0.39, 0.29) is 11.8 Å². The Balaban J connectivity index is 1.82. The number of hydrogen-bond donors (Lipinski definition) is 0. The number of halogens is 1. The quantitative estimate of drug-likeness (QED) is 0.583. The Bertz CT molecular complexity index is 422. The molecule has 0 fully saturated rings. The highest BCUT2D eigenvalue weighted by molar-refractivity contribution is 6.17. The summed E-state index contributed by atoms with van der Waals surface area (Å²) < 4.78 is 5.28. The van der Waals surface area contributed by atoms with E-state index in [9.17, 15) is 4.79 Å². The molecule has 1 amide bonds. The van der Waals surface area contributed by atoms with Crippen LogP contribution in [0.15, 0.2) is 24.3 Å². The van der Waals surface area contributed by atoms with Gasteiger partial charge in [-0.2, -0.15) is 0 Å². The fraction of sp³-hybridized carbons (Fsp3) is 0.500. The van der Waals surface area contributed by atoms with Crippen molar-refractivity contribution >= 4 is 17.5 Å². The van der Waals surface area contributed by atoms with Gasteiger partial charge in [0.2, 0.25) is 5.91 Å². The van der Waals surface area contributed by atoms with Crippen LogP contribution < -0.4 is 0 Å². The highest BCUT2D eigenvalue weighted by Gasteiger charge is 2.33. The molecule has 0 saturated heterocycles. The molecule has 0 aliphatic heterocycles. The van der Waals surface area contributed by atoms with Gasteiger partial charge in [0.25, 0.3) is 0 Å². The lowest BCUT2D eigenvalue weighted by molar-refractivity contribution is -0.132. The molecule has 4 heteroatoms. The maximum Gasteiger partial charge on any atom is 0.230 e. The van der Waals surface area contributed by atoms with Gasteiger partial charge in [0.15, 0.2) is 0 Å². The second-order valence-electron chi connectivity index (χ2n) is 4.52. The van der Waals surface area contributed by atoms with Gasteiger partial charge in [-0.1, -0.05) is 24.3 Å². The normalized spacial score (nSPS) is 16.9. The number of ether oxygens (including phenoxy) is 1. The number of likely N-dealkylation sites (N-methyl/N-ethyl adjacent to an activating group) is 1.